The lowest BCUT2D eigenvalue weighted by atomic mass is 10.4. The molecule has 0 amide bonds. The number of hydrogen-bond donors (Lipinski definition) is 1. The molecule has 0 aromatic heterocycles. The maximum atomic E-state index is 9.83. The molecule has 0 aromatic rings. The fourth-order valence-corrected chi connectivity index (χ4v) is 0.686. The Labute approximate surface area is 46.3 Å². The van der Waals surface area contributed by atoms with E-state index in [0.717, 1.165) is 0 Å². The number of nitro groups is 1. The van der Waals surface area contributed by atoms with Crippen molar-refractivity contribution in [3.63, 3.8) is 0 Å². The molecule has 1 rings (SSSR count). The molecule has 46 valence electrons. The fraction of sp³-hybridized carbons (Fsp3) is 1.00. The third kappa shape index (κ3) is 0.790. The molecular formula is C4H7NO3. The normalized spacial score (nSPS) is 34.6. The van der Waals surface area contributed by atoms with Gasteiger partial charge >= 0.3 is 0 Å². The molecule has 0 spiro atoms. The van der Waals surface area contributed by atoms with Gasteiger partial charge in [-0.1, -0.05) is 0 Å². The van der Waals surface area contributed by atoms with E-state index in [1.165, 1.54) is 0 Å². The summed E-state index contributed by atoms with van der Waals surface area (Å²) in [5.41, 5.74) is 0. The van der Waals surface area contributed by atoms with E-state index in [2.05, 4.69) is 0 Å². The van der Waals surface area contributed by atoms with Gasteiger partial charge in [-0.15, -0.1) is 0 Å². The second-order valence-electron chi connectivity index (χ2n) is 2.03. The molecule has 0 heterocycles. The lowest BCUT2D eigenvalue weighted by Gasteiger charge is -1.84. The van der Waals surface area contributed by atoms with Gasteiger partial charge in [0.15, 0.2) is 0 Å². The number of hydrogen-bond acceptors (Lipinski definition) is 3. The van der Waals surface area contributed by atoms with Gasteiger partial charge in [-0.05, 0) is 0 Å². The standard InChI is InChI=1S/C4H7NO3/c6-2-3-1-4(3)5(7)8/h3-4,6H,1-2H2. The summed E-state index contributed by atoms with van der Waals surface area (Å²) >= 11 is 0. The fourth-order valence-electron chi connectivity index (χ4n) is 0.686. The number of aliphatic hydroxyl groups excluding tert-OH is 1. The molecule has 1 N–H and O–H groups in total. The highest BCUT2D eigenvalue weighted by Gasteiger charge is 2.47. The van der Waals surface area contributed by atoms with Crippen LogP contribution in [-0.4, -0.2) is 22.7 Å². The maximum Gasteiger partial charge on any atom is 0.219 e. The third-order valence-electron chi connectivity index (χ3n) is 1.39. The van der Waals surface area contributed by atoms with Gasteiger partial charge in [0.25, 0.3) is 0 Å². The Balaban J connectivity index is 2.26. The van der Waals surface area contributed by atoms with Gasteiger partial charge in [0, 0.05) is 11.3 Å². The van der Waals surface area contributed by atoms with E-state index in [9.17, 15) is 10.1 Å². The smallest absolute Gasteiger partial charge is 0.219 e. The number of nitrogens with zero attached hydrogens (tertiary/aromatic N) is 1. The SMILES string of the molecule is O=[N+]([O-])C1CC1CO. The van der Waals surface area contributed by atoms with Crippen LogP contribution in [0.4, 0.5) is 0 Å². The lowest BCUT2D eigenvalue weighted by Crippen LogP contribution is -2.04. The highest BCUT2D eigenvalue weighted by atomic mass is 16.6. The van der Waals surface area contributed by atoms with Gasteiger partial charge in [0.05, 0.1) is 12.5 Å². The highest BCUT2D eigenvalue weighted by Crippen LogP contribution is 2.31. The average Bonchev–Trinajstić information content (AvgIpc) is 2.42. The van der Waals surface area contributed by atoms with E-state index in [0.29, 0.717) is 6.42 Å². The monoisotopic (exact) mass is 117 g/mol. The Morgan fingerprint density at radius 3 is 2.62 bits per heavy atom. The minimum atomic E-state index is -0.444. The molecule has 2 atom stereocenters. The van der Waals surface area contributed by atoms with Crippen LogP contribution in [0.2, 0.25) is 0 Å². The first-order valence-corrected chi connectivity index (χ1v) is 2.50. The van der Waals surface area contributed by atoms with Crippen molar-refractivity contribution in [2.75, 3.05) is 6.61 Å². The minimum absolute atomic E-state index is 0.0361. The topological polar surface area (TPSA) is 63.4 Å². The predicted molar refractivity (Wildman–Crippen MR) is 26.0 cm³/mol. The molecule has 1 fully saturated rings. The Morgan fingerprint density at radius 2 is 2.50 bits per heavy atom. The third-order valence-corrected chi connectivity index (χ3v) is 1.39. The molecular weight excluding hydrogens is 110 g/mol. The zero-order valence-corrected chi connectivity index (χ0v) is 4.28. The van der Waals surface area contributed by atoms with Crippen LogP contribution < -0.4 is 0 Å². The van der Waals surface area contributed by atoms with Gasteiger partial charge < -0.3 is 5.11 Å². The molecule has 2 unspecified atom stereocenters. The first-order valence-electron chi connectivity index (χ1n) is 2.50. The van der Waals surface area contributed by atoms with Crippen molar-refractivity contribution >= 4 is 0 Å². The largest absolute Gasteiger partial charge is 0.396 e. The van der Waals surface area contributed by atoms with E-state index < -0.39 is 6.04 Å². The zero-order chi connectivity index (χ0) is 6.15. The van der Waals surface area contributed by atoms with Gasteiger partial charge in [-0.2, -0.15) is 0 Å². The van der Waals surface area contributed by atoms with Crippen molar-refractivity contribution in [1.29, 1.82) is 0 Å². The summed E-state index contributed by atoms with van der Waals surface area (Å²) in [6.45, 7) is -0.0361. The summed E-state index contributed by atoms with van der Waals surface area (Å²) in [6, 6.07) is -0.444. The van der Waals surface area contributed by atoms with E-state index >= 15 is 0 Å². The average molecular weight is 117 g/mol. The van der Waals surface area contributed by atoms with Crippen LogP contribution in [0.25, 0.3) is 0 Å². The van der Waals surface area contributed by atoms with E-state index in [1.807, 2.05) is 0 Å². The van der Waals surface area contributed by atoms with Crippen molar-refractivity contribution < 1.29 is 10.0 Å². The summed E-state index contributed by atoms with van der Waals surface area (Å²) < 4.78 is 0. The summed E-state index contributed by atoms with van der Waals surface area (Å²) in [6.07, 6.45) is 0.559. The second kappa shape index (κ2) is 1.70. The van der Waals surface area contributed by atoms with E-state index in [4.69, 9.17) is 5.11 Å². The van der Waals surface area contributed by atoms with E-state index in [-0.39, 0.29) is 17.4 Å². The molecule has 4 heteroatoms. The first kappa shape index (κ1) is 5.50. The van der Waals surface area contributed by atoms with Crippen LogP contribution in [0.3, 0.4) is 0 Å². The maximum absolute atomic E-state index is 9.83. The molecule has 0 saturated heterocycles. The summed E-state index contributed by atoms with van der Waals surface area (Å²) in [5, 5.41) is 18.1. The Kier molecular flexibility index (Phi) is 1.17. The van der Waals surface area contributed by atoms with Gasteiger partial charge in [-0.25, -0.2) is 0 Å². The molecule has 0 aliphatic heterocycles. The van der Waals surface area contributed by atoms with Crippen molar-refractivity contribution in [1.82, 2.24) is 0 Å². The summed E-state index contributed by atoms with van der Waals surface area (Å²) in [5.74, 6) is -0.0509. The molecule has 1 aliphatic rings. The summed E-state index contributed by atoms with van der Waals surface area (Å²) in [7, 11) is 0. The van der Waals surface area contributed by atoms with Crippen molar-refractivity contribution in [2.24, 2.45) is 5.92 Å². The molecule has 0 bridgehead atoms. The van der Waals surface area contributed by atoms with Gasteiger partial charge in [0.2, 0.25) is 6.04 Å². The lowest BCUT2D eigenvalue weighted by molar-refractivity contribution is -0.498. The quantitative estimate of drug-likeness (QED) is 0.397. The predicted octanol–water partition coefficient (Wildman–Crippen LogP) is -0.356. The molecule has 4 nitrogen and oxygen atoms in total. The Hall–Kier alpha value is -0.640. The van der Waals surface area contributed by atoms with Crippen LogP contribution >= 0.6 is 0 Å². The molecule has 0 radical (unpaired) electrons. The first-order chi connectivity index (χ1) is 3.75. The van der Waals surface area contributed by atoms with Crippen molar-refractivity contribution in [3.8, 4) is 0 Å². The van der Waals surface area contributed by atoms with Gasteiger partial charge in [0.1, 0.15) is 0 Å². The summed E-state index contributed by atoms with van der Waals surface area (Å²) in [4.78, 5) is 9.49. The Bertz CT molecular complexity index is 114. The number of rotatable bonds is 2. The highest BCUT2D eigenvalue weighted by molar-refractivity contribution is 4.85. The second-order valence-corrected chi connectivity index (χ2v) is 2.03. The van der Waals surface area contributed by atoms with Crippen molar-refractivity contribution in [3.05, 3.63) is 10.1 Å². The van der Waals surface area contributed by atoms with Crippen LogP contribution in [0.1, 0.15) is 6.42 Å². The van der Waals surface area contributed by atoms with Crippen LogP contribution in [-0.2, 0) is 0 Å². The van der Waals surface area contributed by atoms with E-state index in [1.54, 1.807) is 0 Å². The van der Waals surface area contributed by atoms with Crippen LogP contribution in [0.15, 0.2) is 0 Å². The molecule has 8 heavy (non-hydrogen) atoms. The van der Waals surface area contributed by atoms with Crippen molar-refractivity contribution in [2.45, 2.75) is 12.5 Å². The van der Waals surface area contributed by atoms with Crippen LogP contribution in [0.5, 0.6) is 0 Å². The molecule has 1 aliphatic carbocycles. The molecule has 0 aromatic carbocycles. The molecule has 1 saturated carbocycles. The Morgan fingerprint density at radius 1 is 1.88 bits per heavy atom. The zero-order valence-electron chi connectivity index (χ0n) is 4.28. The minimum Gasteiger partial charge on any atom is -0.396 e. The van der Waals surface area contributed by atoms with Gasteiger partial charge in [-0.3, -0.25) is 10.1 Å². The van der Waals surface area contributed by atoms with Crippen LogP contribution in [0, 0.1) is 16.0 Å². The number of aliphatic hydroxyl groups is 1.